The molecule has 2 N–H and O–H groups in total. The van der Waals surface area contributed by atoms with Crippen LogP contribution in [0, 0.1) is 11.8 Å². The number of fused-ring (bicyclic) bond motifs is 1. The lowest BCUT2D eigenvalue weighted by Gasteiger charge is -2.20. The normalized spacial score (nSPS) is 27.8. The van der Waals surface area contributed by atoms with Crippen LogP contribution in [0.1, 0.15) is 37.0 Å². The summed E-state index contributed by atoms with van der Waals surface area (Å²) in [6.07, 6.45) is 3.12. The fraction of sp³-hybridized carbons (Fsp3) is 0.524. The summed E-state index contributed by atoms with van der Waals surface area (Å²) >= 11 is 0. The monoisotopic (exact) mass is 449 g/mol. The molecule has 1 saturated carbocycles. The number of ether oxygens (including phenoxy) is 3. The standard InChI is InChI=1S/C21H27N3O6S/c1-13-7-16(8-15(13)11-28-31(22,25)26)29-19-10-20(24-12-23-19)30-18-9-14-5-3-4-6-17(14)21(18)27-2/h3-6,10,12-13,15-16,18,21H,7-9,11H2,1-2H3,(H2,22,25,26)/t13-,15-,16-,18-,21+/m0/s1. The SMILES string of the molecule is CO[C@@H]1c2ccccc2C[C@@H]1Oc1cc(O[C@@H]2C[C@@H](COS(N)(=O)=O)[C@@H](C)C2)ncn1. The van der Waals surface area contributed by atoms with Gasteiger partial charge in [-0.15, -0.1) is 0 Å². The maximum absolute atomic E-state index is 11.0. The number of methoxy groups -OCH3 is 1. The molecule has 0 amide bonds. The van der Waals surface area contributed by atoms with Crippen molar-refractivity contribution in [1.82, 2.24) is 9.97 Å². The van der Waals surface area contributed by atoms with E-state index in [0.29, 0.717) is 18.2 Å². The lowest BCUT2D eigenvalue weighted by atomic mass is 10.00. The van der Waals surface area contributed by atoms with Crippen molar-refractivity contribution in [3.05, 3.63) is 47.8 Å². The molecule has 0 unspecified atom stereocenters. The average Bonchev–Trinajstić information content (AvgIpc) is 3.25. The van der Waals surface area contributed by atoms with Crippen molar-refractivity contribution in [2.45, 2.75) is 44.5 Å². The van der Waals surface area contributed by atoms with E-state index in [1.54, 1.807) is 13.2 Å². The first-order valence-electron chi connectivity index (χ1n) is 10.3. The van der Waals surface area contributed by atoms with Gasteiger partial charge in [-0.05, 0) is 35.8 Å². The van der Waals surface area contributed by atoms with E-state index >= 15 is 0 Å². The maximum atomic E-state index is 11.0. The molecule has 2 aliphatic rings. The molecule has 168 valence electrons. The zero-order valence-corrected chi connectivity index (χ0v) is 18.3. The molecular formula is C21H27N3O6S. The largest absolute Gasteiger partial charge is 0.474 e. The number of rotatable bonds is 8. The number of aromatic nitrogens is 2. The van der Waals surface area contributed by atoms with Gasteiger partial charge in [-0.25, -0.2) is 15.1 Å². The number of nitrogens with two attached hydrogens (primary N) is 1. The highest BCUT2D eigenvalue weighted by atomic mass is 32.2. The molecule has 4 rings (SSSR count). The van der Waals surface area contributed by atoms with Gasteiger partial charge in [0.1, 0.15) is 24.6 Å². The minimum absolute atomic E-state index is 0.0420. The zero-order chi connectivity index (χ0) is 22.0. The Morgan fingerprint density at radius 3 is 2.61 bits per heavy atom. The number of hydrogen-bond acceptors (Lipinski definition) is 8. The smallest absolute Gasteiger partial charge is 0.333 e. The molecule has 5 atom stereocenters. The second-order valence-corrected chi connectivity index (χ2v) is 9.36. The second-order valence-electron chi connectivity index (χ2n) is 8.14. The van der Waals surface area contributed by atoms with Crippen LogP contribution >= 0.6 is 0 Å². The van der Waals surface area contributed by atoms with Gasteiger partial charge in [0.25, 0.3) is 0 Å². The first kappa shape index (κ1) is 21.9. The summed E-state index contributed by atoms with van der Waals surface area (Å²) in [5.41, 5.74) is 2.34. The number of benzene rings is 1. The van der Waals surface area contributed by atoms with Gasteiger partial charge in [-0.3, -0.25) is 4.18 Å². The van der Waals surface area contributed by atoms with Crippen LogP contribution in [0.5, 0.6) is 11.8 Å². The maximum Gasteiger partial charge on any atom is 0.333 e. The highest BCUT2D eigenvalue weighted by molar-refractivity contribution is 7.84. The van der Waals surface area contributed by atoms with E-state index in [1.807, 2.05) is 19.1 Å². The molecule has 1 heterocycles. The van der Waals surface area contributed by atoms with Gasteiger partial charge < -0.3 is 14.2 Å². The van der Waals surface area contributed by atoms with E-state index in [2.05, 4.69) is 22.1 Å². The fourth-order valence-electron chi connectivity index (χ4n) is 4.47. The molecule has 1 aromatic carbocycles. The van der Waals surface area contributed by atoms with Crippen molar-refractivity contribution in [3.63, 3.8) is 0 Å². The van der Waals surface area contributed by atoms with Crippen molar-refractivity contribution in [2.75, 3.05) is 13.7 Å². The first-order valence-corrected chi connectivity index (χ1v) is 11.7. The van der Waals surface area contributed by atoms with Crippen LogP contribution in [-0.2, 0) is 25.6 Å². The Hall–Kier alpha value is -2.27. The molecule has 1 fully saturated rings. The predicted octanol–water partition coefficient (Wildman–Crippen LogP) is 2.18. The molecule has 9 nitrogen and oxygen atoms in total. The highest BCUT2D eigenvalue weighted by Crippen LogP contribution is 2.37. The summed E-state index contributed by atoms with van der Waals surface area (Å²) in [7, 11) is -2.27. The highest BCUT2D eigenvalue weighted by Gasteiger charge is 2.35. The van der Waals surface area contributed by atoms with Gasteiger partial charge >= 0.3 is 10.3 Å². The molecule has 10 heteroatoms. The van der Waals surface area contributed by atoms with Crippen LogP contribution in [0.25, 0.3) is 0 Å². The summed E-state index contributed by atoms with van der Waals surface area (Å²) in [5, 5.41) is 4.93. The summed E-state index contributed by atoms with van der Waals surface area (Å²) in [6, 6.07) is 9.81. The van der Waals surface area contributed by atoms with Crippen LogP contribution in [0.3, 0.4) is 0 Å². The van der Waals surface area contributed by atoms with Crippen LogP contribution in [0.15, 0.2) is 36.7 Å². The van der Waals surface area contributed by atoms with Crippen molar-refractivity contribution in [1.29, 1.82) is 0 Å². The van der Waals surface area contributed by atoms with E-state index in [4.69, 9.17) is 23.5 Å². The van der Waals surface area contributed by atoms with Crippen molar-refractivity contribution >= 4 is 10.3 Å². The Labute approximate surface area is 182 Å². The van der Waals surface area contributed by atoms with Crippen molar-refractivity contribution < 1.29 is 26.8 Å². The van der Waals surface area contributed by atoms with E-state index in [9.17, 15) is 8.42 Å². The minimum Gasteiger partial charge on any atom is -0.474 e. The number of hydrogen-bond donors (Lipinski definition) is 1. The second kappa shape index (κ2) is 9.07. The summed E-state index contributed by atoms with van der Waals surface area (Å²) < 4.78 is 44.7. The summed E-state index contributed by atoms with van der Waals surface area (Å²) in [5.74, 6) is 1.12. The lowest BCUT2D eigenvalue weighted by Crippen LogP contribution is -2.24. The number of nitrogens with zero attached hydrogens (tertiary/aromatic N) is 2. The summed E-state index contributed by atoms with van der Waals surface area (Å²) in [6.45, 7) is 2.09. The summed E-state index contributed by atoms with van der Waals surface area (Å²) in [4.78, 5) is 8.43. The minimum atomic E-state index is -3.94. The molecule has 0 spiro atoms. The molecule has 1 aromatic heterocycles. The van der Waals surface area contributed by atoms with Crippen LogP contribution in [-0.4, -0.2) is 44.3 Å². The third-order valence-corrected chi connectivity index (χ3v) is 6.47. The molecular weight excluding hydrogens is 422 g/mol. The van der Waals surface area contributed by atoms with Gasteiger partial charge in [0, 0.05) is 13.5 Å². The van der Waals surface area contributed by atoms with E-state index in [-0.39, 0.29) is 36.8 Å². The Balaban J connectivity index is 1.37. The van der Waals surface area contributed by atoms with Crippen molar-refractivity contribution in [2.24, 2.45) is 17.0 Å². The Bertz CT molecular complexity index is 1020. The average molecular weight is 450 g/mol. The van der Waals surface area contributed by atoms with E-state index in [0.717, 1.165) is 18.4 Å². The Morgan fingerprint density at radius 2 is 1.87 bits per heavy atom. The van der Waals surface area contributed by atoms with Crippen LogP contribution in [0.4, 0.5) is 0 Å². The molecule has 2 aromatic rings. The van der Waals surface area contributed by atoms with Crippen molar-refractivity contribution in [3.8, 4) is 11.8 Å². The Kier molecular flexibility index (Phi) is 6.42. The first-order chi connectivity index (χ1) is 14.8. The zero-order valence-electron chi connectivity index (χ0n) is 17.5. The van der Waals surface area contributed by atoms with Gasteiger partial charge in [-0.1, -0.05) is 31.2 Å². The van der Waals surface area contributed by atoms with E-state index in [1.165, 1.54) is 11.9 Å². The van der Waals surface area contributed by atoms with E-state index < -0.39 is 10.3 Å². The van der Waals surface area contributed by atoms with Gasteiger partial charge in [-0.2, -0.15) is 8.42 Å². The fourth-order valence-corrected chi connectivity index (χ4v) is 4.83. The van der Waals surface area contributed by atoms with Gasteiger partial charge in [0.2, 0.25) is 11.8 Å². The van der Waals surface area contributed by atoms with Gasteiger partial charge in [0.05, 0.1) is 12.7 Å². The van der Waals surface area contributed by atoms with Crippen LogP contribution < -0.4 is 14.6 Å². The third-order valence-electron chi connectivity index (χ3n) is 6.00. The van der Waals surface area contributed by atoms with Gasteiger partial charge in [0.15, 0.2) is 0 Å². The molecule has 0 bridgehead atoms. The molecule has 0 aliphatic heterocycles. The molecule has 0 saturated heterocycles. The Morgan fingerprint density at radius 1 is 1.13 bits per heavy atom. The molecule has 2 aliphatic carbocycles. The predicted molar refractivity (Wildman–Crippen MR) is 112 cm³/mol. The topological polar surface area (TPSA) is 123 Å². The lowest BCUT2D eigenvalue weighted by molar-refractivity contribution is 0.0102. The van der Waals surface area contributed by atoms with Crippen LogP contribution in [0.2, 0.25) is 0 Å². The molecule has 31 heavy (non-hydrogen) atoms. The third kappa shape index (κ3) is 5.32. The quantitative estimate of drug-likeness (QED) is 0.651. The molecule has 0 radical (unpaired) electrons.